The Bertz CT molecular complexity index is 540. The molecule has 0 fully saturated rings. The Kier molecular flexibility index (Phi) is 3.83. The molecule has 3 rings (SSSR count). The van der Waals surface area contributed by atoms with Crippen LogP contribution in [-0.4, -0.2) is 29.0 Å². The van der Waals surface area contributed by atoms with E-state index in [1.165, 1.54) is 29.7 Å². The van der Waals surface area contributed by atoms with E-state index in [-0.39, 0.29) is 0 Å². The van der Waals surface area contributed by atoms with E-state index in [9.17, 15) is 0 Å². The molecule has 1 aromatic carbocycles. The molecule has 1 unspecified atom stereocenters. The van der Waals surface area contributed by atoms with Crippen LogP contribution < -0.4 is 0 Å². The number of aromatic nitrogens is 1. The van der Waals surface area contributed by atoms with Gasteiger partial charge in [-0.2, -0.15) is 0 Å². The van der Waals surface area contributed by atoms with Gasteiger partial charge in [0, 0.05) is 30.4 Å². The highest BCUT2D eigenvalue weighted by molar-refractivity contribution is 5.33. The molecule has 2 nitrogen and oxygen atoms in total. The fraction of sp³-hybridized carbons (Fsp3) is 0.389. The van der Waals surface area contributed by atoms with Gasteiger partial charge in [0.25, 0.3) is 0 Å². The summed E-state index contributed by atoms with van der Waals surface area (Å²) in [5.41, 5.74) is 4.23. The maximum Gasteiger partial charge on any atom is 0.0419 e. The van der Waals surface area contributed by atoms with Gasteiger partial charge < -0.3 is 0 Å². The van der Waals surface area contributed by atoms with Gasteiger partial charge in [0.05, 0.1) is 0 Å². The molecule has 1 atom stereocenters. The smallest absolute Gasteiger partial charge is 0.0419 e. The number of hydrogen-bond acceptors (Lipinski definition) is 2. The minimum atomic E-state index is 0.518. The maximum atomic E-state index is 4.44. The lowest BCUT2D eigenvalue weighted by molar-refractivity contribution is 0.187. The predicted molar refractivity (Wildman–Crippen MR) is 82.8 cm³/mol. The monoisotopic (exact) mass is 266 g/mol. The standard InChI is InChI=1S/C18H22N2/c1-14(11-17-9-5-6-10-19-17)20(2)18-12-15-7-3-4-8-16(15)13-18/h3-10,14,18H,11-13H2,1-2H3. The first kappa shape index (κ1) is 13.3. The second kappa shape index (κ2) is 5.76. The van der Waals surface area contributed by atoms with Crippen LogP contribution in [0.1, 0.15) is 23.7 Å². The van der Waals surface area contributed by atoms with Crippen molar-refractivity contribution < 1.29 is 0 Å². The molecule has 0 N–H and O–H groups in total. The Morgan fingerprint density at radius 2 is 1.75 bits per heavy atom. The van der Waals surface area contributed by atoms with Gasteiger partial charge in [-0.25, -0.2) is 0 Å². The van der Waals surface area contributed by atoms with Crippen molar-refractivity contribution in [2.45, 2.75) is 38.3 Å². The summed E-state index contributed by atoms with van der Waals surface area (Å²) in [7, 11) is 2.25. The Hall–Kier alpha value is -1.67. The lowest BCUT2D eigenvalue weighted by Crippen LogP contribution is -2.40. The van der Waals surface area contributed by atoms with Crippen LogP contribution in [0.25, 0.3) is 0 Å². The first-order valence-electron chi connectivity index (χ1n) is 7.42. The van der Waals surface area contributed by atoms with Crippen LogP contribution >= 0.6 is 0 Å². The summed E-state index contributed by atoms with van der Waals surface area (Å²) in [5, 5.41) is 0. The molecule has 0 amide bonds. The van der Waals surface area contributed by atoms with E-state index in [0.717, 1.165) is 6.42 Å². The average Bonchev–Trinajstić information content (AvgIpc) is 2.91. The summed E-state index contributed by atoms with van der Waals surface area (Å²) in [5.74, 6) is 0. The summed E-state index contributed by atoms with van der Waals surface area (Å²) in [6, 6.07) is 16.2. The zero-order valence-electron chi connectivity index (χ0n) is 12.3. The molecule has 0 aliphatic heterocycles. The van der Waals surface area contributed by atoms with Crippen LogP contribution in [0, 0.1) is 0 Å². The molecule has 1 aliphatic rings. The minimum absolute atomic E-state index is 0.518. The van der Waals surface area contributed by atoms with E-state index in [4.69, 9.17) is 0 Å². The van der Waals surface area contributed by atoms with Crippen LogP contribution in [0.2, 0.25) is 0 Å². The van der Waals surface area contributed by atoms with Crippen molar-refractivity contribution in [2.24, 2.45) is 0 Å². The van der Waals surface area contributed by atoms with Gasteiger partial charge in [0.1, 0.15) is 0 Å². The van der Waals surface area contributed by atoms with Crippen LogP contribution in [0.15, 0.2) is 48.7 Å². The van der Waals surface area contributed by atoms with Crippen molar-refractivity contribution in [3.05, 3.63) is 65.5 Å². The Balaban J connectivity index is 1.64. The average molecular weight is 266 g/mol. The van der Waals surface area contributed by atoms with E-state index < -0.39 is 0 Å². The van der Waals surface area contributed by atoms with Crippen molar-refractivity contribution in [1.29, 1.82) is 0 Å². The molecule has 1 aromatic heterocycles. The van der Waals surface area contributed by atoms with E-state index in [1.807, 2.05) is 12.3 Å². The minimum Gasteiger partial charge on any atom is -0.300 e. The number of rotatable bonds is 4. The molecular formula is C18H22N2. The molecule has 0 spiro atoms. The first-order valence-corrected chi connectivity index (χ1v) is 7.42. The lowest BCUT2D eigenvalue weighted by Gasteiger charge is -2.30. The van der Waals surface area contributed by atoms with Crippen LogP contribution in [0.3, 0.4) is 0 Å². The Labute approximate surface area is 121 Å². The third kappa shape index (κ3) is 2.75. The van der Waals surface area contributed by atoms with Crippen LogP contribution in [-0.2, 0) is 19.3 Å². The third-order valence-corrected chi connectivity index (χ3v) is 4.53. The summed E-state index contributed by atoms with van der Waals surface area (Å²) in [6.07, 6.45) is 5.26. The third-order valence-electron chi connectivity index (χ3n) is 4.53. The number of likely N-dealkylation sites (N-methyl/N-ethyl adjacent to an activating group) is 1. The highest BCUT2D eigenvalue weighted by Gasteiger charge is 2.27. The van der Waals surface area contributed by atoms with Gasteiger partial charge in [0.2, 0.25) is 0 Å². The number of nitrogens with zero attached hydrogens (tertiary/aromatic N) is 2. The van der Waals surface area contributed by atoms with E-state index in [2.05, 4.69) is 60.3 Å². The molecule has 20 heavy (non-hydrogen) atoms. The van der Waals surface area contributed by atoms with Crippen LogP contribution in [0.5, 0.6) is 0 Å². The first-order chi connectivity index (χ1) is 9.74. The predicted octanol–water partition coefficient (Wildman–Crippen LogP) is 3.11. The zero-order valence-corrected chi connectivity index (χ0v) is 12.3. The van der Waals surface area contributed by atoms with Gasteiger partial charge in [-0.05, 0) is 50.1 Å². The second-order valence-corrected chi connectivity index (χ2v) is 5.87. The van der Waals surface area contributed by atoms with Crippen molar-refractivity contribution in [3.8, 4) is 0 Å². The fourth-order valence-corrected chi connectivity index (χ4v) is 3.15. The largest absolute Gasteiger partial charge is 0.300 e. The highest BCUT2D eigenvalue weighted by Crippen LogP contribution is 2.26. The van der Waals surface area contributed by atoms with Gasteiger partial charge in [0.15, 0.2) is 0 Å². The molecule has 2 aromatic rings. The van der Waals surface area contributed by atoms with Crippen molar-refractivity contribution >= 4 is 0 Å². The highest BCUT2D eigenvalue weighted by atomic mass is 15.2. The molecule has 1 heterocycles. The molecular weight excluding hydrogens is 244 g/mol. The maximum absolute atomic E-state index is 4.44. The normalized spacial score (nSPS) is 16.4. The summed E-state index contributed by atoms with van der Waals surface area (Å²) in [6.45, 7) is 2.30. The van der Waals surface area contributed by atoms with E-state index in [1.54, 1.807) is 0 Å². The molecule has 1 aliphatic carbocycles. The van der Waals surface area contributed by atoms with Crippen molar-refractivity contribution in [2.75, 3.05) is 7.05 Å². The molecule has 0 saturated carbocycles. The number of benzene rings is 1. The van der Waals surface area contributed by atoms with E-state index in [0.29, 0.717) is 12.1 Å². The SMILES string of the molecule is CC(Cc1ccccn1)N(C)C1Cc2ccccc2C1. The van der Waals surface area contributed by atoms with Crippen LogP contribution in [0.4, 0.5) is 0 Å². The number of hydrogen-bond donors (Lipinski definition) is 0. The fourth-order valence-electron chi connectivity index (χ4n) is 3.15. The second-order valence-electron chi connectivity index (χ2n) is 5.87. The van der Waals surface area contributed by atoms with Gasteiger partial charge >= 0.3 is 0 Å². The van der Waals surface area contributed by atoms with Gasteiger partial charge in [-0.3, -0.25) is 9.88 Å². The molecule has 0 radical (unpaired) electrons. The Morgan fingerprint density at radius 3 is 2.35 bits per heavy atom. The quantitative estimate of drug-likeness (QED) is 0.845. The summed E-state index contributed by atoms with van der Waals surface area (Å²) < 4.78 is 0. The molecule has 0 saturated heterocycles. The van der Waals surface area contributed by atoms with Gasteiger partial charge in [-0.1, -0.05) is 30.3 Å². The summed E-state index contributed by atoms with van der Waals surface area (Å²) in [4.78, 5) is 6.96. The molecule has 2 heteroatoms. The Morgan fingerprint density at radius 1 is 1.10 bits per heavy atom. The number of fused-ring (bicyclic) bond motifs is 1. The van der Waals surface area contributed by atoms with E-state index >= 15 is 0 Å². The summed E-state index contributed by atoms with van der Waals surface area (Å²) >= 11 is 0. The zero-order chi connectivity index (χ0) is 13.9. The van der Waals surface area contributed by atoms with Crippen molar-refractivity contribution in [3.63, 3.8) is 0 Å². The van der Waals surface area contributed by atoms with Gasteiger partial charge in [-0.15, -0.1) is 0 Å². The number of pyridine rings is 1. The molecule has 0 bridgehead atoms. The topological polar surface area (TPSA) is 16.1 Å². The van der Waals surface area contributed by atoms with Crippen molar-refractivity contribution in [1.82, 2.24) is 9.88 Å². The molecule has 104 valence electrons. The lowest BCUT2D eigenvalue weighted by atomic mass is 10.1.